The van der Waals surface area contributed by atoms with Gasteiger partial charge in [-0.3, -0.25) is 9.78 Å². The van der Waals surface area contributed by atoms with Gasteiger partial charge in [0.05, 0.1) is 0 Å². The van der Waals surface area contributed by atoms with E-state index in [0.29, 0.717) is 16.5 Å². The molecule has 88 valence electrons. The van der Waals surface area contributed by atoms with Gasteiger partial charge in [-0.2, -0.15) is 0 Å². The predicted octanol–water partition coefficient (Wildman–Crippen LogP) is 3.17. The number of fused-ring (bicyclic) bond motifs is 1. The minimum atomic E-state index is -0.445. The summed E-state index contributed by atoms with van der Waals surface area (Å²) in [7, 11) is 0. The average molecular weight is 229 g/mol. The molecular weight excluding hydrogens is 214 g/mol. The largest absolute Gasteiger partial charge is 0.506 e. The average Bonchev–Trinajstić information content (AvgIpc) is 2.28. The van der Waals surface area contributed by atoms with E-state index in [2.05, 4.69) is 4.98 Å². The number of hydrogen-bond acceptors (Lipinski definition) is 3. The number of rotatable bonds is 1. The molecule has 0 radical (unpaired) electrons. The lowest BCUT2D eigenvalue weighted by atomic mass is 9.85. The van der Waals surface area contributed by atoms with Gasteiger partial charge in [0.15, 0.2) is 5.78 Å². The first-order valence-electron chi connectivity index (χ1n) is 5.53. The van der Waals surface area contributed by atoms with Crippen LogP contribution in [-0.2, 0) is 0 Å². The molecule has 0 fully saturated rings. The molecule has 0 saturated carbocycles. The van der Waals surface area contributed by atoms with Gasteiger partial charge in [-0.1, -0.05) is 26.8 Å². The number of nitrogens with zero attached hydrogens (tertiary/aromatic N) is 1. The third-order valence-electron chi connectivity index (χ3n) is 2.67. The normalized spacial score (nSPS) is 11.7. The summed E-state index contributed by atoms with van der Waals surface area (Å²) < 4.78 is 0. The summed E-state index contributed by atoms with van der Waals surface area (Å²) in [6.07, 6.45) is 1.60. The first-order valence-corrected chi connectivity index (χ1v) is 5.53. The van der Waals surface area contributed by atoms with Crippen LogP contribution < -0.4 is 0 Å². The fourth-order valence-corrected chi connectivity index (χ4v) is 1.76. The highest BCUT2D eigenvalue weighted by molar-refractivity contribution is 6.10. The zero-order valence-corrected chi connectivity index (χ0v) is 10.2. The Bertz CT molecular complexity index is 582. The van der Waals surface area contributed by atoms with Crippen LogP contribution in [0, 0.1) is 5.41 Å². The fraction of sp³-hybridized carbons (Fsp3) is 0.286. The molecule has 0 unspecified atom stereocenters. The molecule has 0 atom stereocenters. The summed E-state index contributed by atoms with van der Waals surface area (Å²) in [6.45, 7) is 5.64. The van der Waals surface area contributed by atoms with Crippen LogP contribution in [0.5, 0.6) is 5.75 Å². The van der Waals surface area contributed by atoms with Crippen molar-refractivity contribution in [3.63, 3.8) is 0 Å². The number of pyridine rings is 1. The van der Waals surface area contributed by atoms with Crippen molar-refractivity contribution in [3.8, 4) is 5.75 Å². The molecule has 17 heavy (non-hydrogen) atoms. The van der Waals surface area contributed by atoms with Gasteiger partial charge in [-0.15, -0.1) is 0 Å². The minimum Gasteiger partial charge on any atom is -0.506 e. The van der Waals surface area contributed by atoms with Gasteiger partial charge < -0.3 is 5.11 Å². The lowest BCUT2D eigenvalue weighted by Gasteiger charge is -2.17. The second-order valence-electron chi connectivity index (χ2n) is 5.11. The fourth-order valence-electron chi connectivity index (χ4n) is 1.76. The number of benzene rings is 1. The smallest absolute Gasteiger partial charge is 0.168 e. The van der Waals surface area contributed by atoms with E-state index >= 15 is 0 Å². The second kappa shape index (κ2) is 3.84. The van der Waals surface area contributed by atoms with Crippen LogP contribution in [0.25, 0.3) is 10.9 Å². The van der Waals surface area contributed by atoms with Gasteiger partial charge in [0.2, 0.25) is 0 Å². The molecule has 1 N–H and O–H groups in total. The number of hydrogen-bond donors (Lipinski definition) is 1. The van der Waals surface area contributed by atoms with Crippen LogP contribution in [0.2, 0.25) is 0 Å². The molecule has 0 aliphatic heterocycles. The third kappa shape index (κ3) is 2.00. The Hall–Kier alpha value is -1.90. The lowest BCUT2D eigenvalue weighted by Crippen LogP contribution is -2.20. The summed E-state index contributed by atoms with van der Waals surface area (Å²) in [5.74, 6) is 0.154. The number of carbonyl (C=O) groups excluding carboxylic acids is 1. The topological polar surface area (TPSA) is 50.2 Å². The van der Waals surface area contributed by atoms with Crippen LogP contribution in [0.3, 0.4) is 0 Å². The van der Waals surface area contributed by atoms with E-state index in [4.69, 9.17) is 0 Å². The number of phenolic OH excluding ortho intramolecular Hbond substituents is 1. The van der Waals surface area contributed by atoms with Gasteiger partial charge in [0, 0.05) is 22.6 Å². The van der Waals surface area contributed by atoms with Crippen molar-refractivity contribution in [2.24, 2.45) is 5.41 Å². The van der Waals surface area contributed by atoms with Gasteiger partial charge in [0.1, 0.15) is 11.3 Å². The SMILES string of the molecule is CC(C)(C)C(=O)c1ccc(O)c2ncccc12. The highest BCUT2D eigenvalue weighted by Gasteiger charge is 2.25. The zero-order valence-electron chi connectivity index (χ0n) is 10.2. The summed E-state index contributed by atoms with van der Waals surface area (Å²) in [5.41, 5.74) is 0.640. The van der Waals surface area contributed by atoms with E-state index < -0.39 is 5.41 Å². The maximum atomic E-state index is 12.3. The molecule has 0 amide bonds. The molecule has 1 aromatic carbocycles. The van der Waals surface area contributed by atoms with Crippen LogP contribution in [0.1, 0.15) is 31.1 Å². The maximum Gasteiger partial charge on any atom is 0.168 e. The van der Waals surface area contributed by atoms with Crippen molar-refractivity contribution in [3.05, 3.63) is 36.0 Å². The molecule has 0 aliphatic rings. The molecule has 0 bridgehead atoms. The van der Waals surface area contributed by atoms with E-state index in [1.807, 2.05) is 20.8 Å². The Labute approximate surface area is 100 Å². The molecule has 0 aliphatic carbocycles. The van der Waals surface area contributed by atoms with Gasteiger partial charge in [-0.25, -0.2) is 0 Å². The monoisotopic (exact) mass is 229 g/mol. The van der Waals surface area contributed by atoms with E-state index in [1.165, 1.54) is 6.07 Å². The van der Waals surface area contributed by atoms with E-state index in [9.17, 15) is 9.90 Å². The Balaban J connectivity index is 2.72. The summed E-state index contributed by atoms with van der Waals surface area (Å²) in [4.78, 5) is 16.4. The van der Waals surface area contributed by atoms with Crippen molar-refractivity contribution >= 4 is 16.7 Å². The Morgan fingerprint density at radius 2 is 1.94 bits per heavy atom. The Morgan fingerprint density at radius 3 is 2.59 bits per heavy atom. The molecular formula is C14H15NO2. The quantitative estimate of drug-likeness (QED) is 0.764. The third-order valence-corrected chi connectivity index (χ3v) is 2.67. The first-order chi connectivity index (χ1) is 7.91. The van der Waals surface area contributed by atoms with E-state index in [0.717, 1.165) is 0 Å². The molecule has 3 heteroatoms. The molecule has 0 spiro atoms. The van der Waals surface area contributed by atoms with Crippen LogP contribution in [-0.4, -0.2) is 15.9 Å². The van der Waals surface area contributed by atoms with Crippen molar-refractivity contribution in [1.29, 1.82) is 0 Å². The second-order valence-corrected chi connectivity index (χ2v) is 5.11. The molecule has 1 aromatic heterocycles. The zero-order chi connectivity index (χ0) is 12.6. The van der Waals surface area contributed by atoms with Crippen molar-refractivity contribution in [2.75, 3.05) is 0 Å². The Morgan fingerprint density at radius 1 is 1.24 bits per heavy atom. The number of carbonyl (C=O) groups is 1. The van der Waals surface area contributed by atoms with Gasteiger partial charge in [-0.05, 0) is 18.2 Å². The molecule has 0 saturated heterocycles. The number of aromatic nitrogens is 1. The minimum absolute atomic E-state index is 0.0514. The molecule has 2 rings (SSSR count). The van der Waals surface area contributed by atoms with Crippen molar-refractivity contribution in [1.82, 2.24) is 4.98 Å². The summed E-state index contributed by atoms with van der Waals surface area (Å²) in [5, 5.41) is 10.4. The van der Waals surface area contributed by atoms with Crippen LogP contribution in [0.4, 0.5) is 0 Å². The molecule has 3 nitrogen and oxygen atoms in total. The van der Waals surface area contributed by atoms with Crippen LogP contribution in [0.15, 0.2) is 30.5 Å². The first kappa shape index (κ1) is 11.6. The number of aromatic hydroxyl groups is 1. The highest BCUT2D eigenvalue weighted by Crippen LogP contribution is 2.30. The van der Waals surface area contributed by atoms with Gasteiger partial charge >= 0.3 is 0 Å². The maximum absolute atomic E-state index is 12.3. The standard InChI is InChI=1S/C14H15NO2/c1-14(2,3)13(17)10-6-7-11(16)12-9(10)5-4-8-15-12/h4-8,16H,1-3H3. The number of Topliss-reactive ketones (excluding diaryl/α,β-unsaturated/α-hetero) is 1. The molecule has 2 aromatic rings. The van der Waals surface area contributed by atoms with Gasteiger partial charge in [0.25, 0.3) is 0 Å². The lowest BCUT2D eigenvalue weighted by molar-refractivity contribution is 0.0860. The van der Waals surface area contributed by atoms with E-state index in [-0.39, 0.29) is 11.5 Å². The van der Waals surface area contributed by atoms with Crippen molar-refractivity contribution < 1.29 is 9.90 Å². The number of ketones is 1. The number of phenols is 1. The predicted molar refractivity (Wildman–Crippen MR) is 67.2 cm³/mol. The highest BCUT2D eigenvalue weighted by atomic mass is 16.3. The Kier molecular flexibility index (Phi) is 2.62. The van der Waals surface area contributed by atoms with Crippen LogP contribution >= 0.6 is 0 Å². The molecule has 1 heterocycles. The summed E-state index contributed by atoms with van der Waals surface area (Å²) in [6, 6.07) is 6.75. The van der Waals surface area contributed by atoms with Crippen molar-refractivity contribution in [2.45, 2.75) is 20.8 Å². The van der Waals surface area contributed by atoms with E-state index in [1.54, 1.807) is 24.4 Å². The summed E-state index contributed by atoms with van der Waals surface area (Å²) >= 11 is 0.